The summed E-state index contributed by atoms with van der Waals surface area (Å²) in [5.41, 5.74) is 1.96. The number of fused-ring (bicyclic) bond motifs is 1. The molecule has 8 heteroatoms. The molecule has 0 amide bonds. The van der Waals surface area contributed by atoms with Gasteiger partial charge in [0.15, 0.2) is 11.5 Å². The number of sulfonamides is 1. The summed E-state index contributed by atoms with van der Waals surface area (Å²) >= 11 is 1.52. The van der Waals surface area contributed by atoms with E-state index >= 15 is 0 Å². The topological polar surface area (TPSA) is 77.5 Å². The minimum absolute atomic E-state index is 0.121. The summed E-state index contributed by atoms with van der Waals surface area (Å²) in [6.45, 7) is 2.96. The van der Waals surface area contributed by atoms with Crippen LogP contribution in [0, 0.1) is 6.92 Å². The zero-order chi connectivity index (χ0) is 18.9. The fourth-order valence-corrected chi connectivity index (χ4v) is 4.50. The highest BCUT2D eigenvalue weighted by Crippen LogP contribution is 2.34. The number of hydrogen-bond donors (Lipinski definition) is 1. The highest BCUT2D eigenvalue weighted by molar-refractivity contribution is 7.92. The zero-order valence-electron chi connectivity index (χ0n) is 14.6. The minimum Gasteiger partial charge on any atom is -0.490 e. The molecule has 27 heavy (non-hydrogen) atoms. The van der Waals surface area contributed by atoms with Gasteiger partial charge in [-0.05, 0) is 25.1 Å². The number of aromatic nitrogens is 1. The summed E-state index contributed by atoms with van der Waals surface area (Å²) in [6, 6.07) is 11.9. The van der Waals surface area contributed by atoms with E-state index in [4.69, 9.17) is 9.47 Å². The molecule has 6 nitrogen and oxygen atoms in total. The molecule has 0 aliphatic carbocycles. The first-order chi connectivity index (χ1) is 13.0. The zero-order valence-corrected chi connectivity index (χ0v) is 16.3. The first-order valence-corrected chi connectivity index (χ1v) is 10.8. The standard InChI is InChI=1S/C19H18N2O4S2/c1-13-20-17(12-26-13)15-5-2-3-6-16(15)21-27(22,23)14-7-8-18-19(11-14)25-10-4-9-24-18/h2-3,5-8,11-12,21H,4,9-10H2,1H3. The van der Waals surface area contributed by atoms with Gasteiger partial charge in [-0.15, -0.1) is 11.3 Å². The molecule has 1 aromatic heterocycles. The molecule has 0 saturated heterocycles. The van der Waals surface area contributed by atoms with Crippen molar-refractivity contribution in [2.24, 2.45) is 0 Å². The first kappa shape index (κ1) is 17.8. The third kappa shape index (κ3) is 3.77. The highest BCUT2D eigenvalue weighted by Gasteiger charge is 2.20. The maximum Gasteiger partial charge on any atom is 0.262 e. The number of ether oxygens (including phenoxy) is 2. The van der Waals surface area contributed by atoms with Crippen LogP contribution in [0.3, 0.4) is 0 Å². The van der Waals surface area contributed by atoms with Crippen molar-refractivity contribution >= 4 is 27.0 Å². The summed E-state index contributed by atoms with van der Waals surface area (Å²) in [6.07, 6.45) is 0.759. The number of benzene rings is 2. The van der Waals surface area contributed by atoms with Gasteiger partial charge in [-0.25, -0.2) is 13.4 Å². The van der Waals surface area contributed by atoms with E-state index in [9.17, 15) is 8.42 Å². The van der Waals surface area contributed by atoms with Crippen LogP contribution in [0.25, 0.3) is 11.3 Å². The van der Waals surface area contributed by atoms with Gasteiger partial charge < -0.3 is 9.47 Å². The predicted molar refractivity (Wildman–Crippen MR) is 105 cm³/mol. The lowest BCUT2D eigenvalue weighted by Crippen LogP contribution is -2.14. The Morgan fingerprint density at radius 2 is 1.85 bits per heavy atom. The number of hydrogen-bond acceptors (Lipinski definition) is 6. The molecule has 0 radical (unpaired) electrons. The van der Waals surface area contributed by atoms with E-state index in [-0.39, 0.29) is 4.90 Å². The second-order valence-corrected chi connectivity index (χ2v) is 8.81. The highest BCUT2D eigenvalue weighted by atomic mass is 32.2. The van der Waals surface area contributed by atoms with E-state index in [1.807, 2.05) is 24.4 Å². The van der Waals surface area contributed by atoms with Gasteiger partial charge in [0.25, 0.3) is 10.0 Å². The molecule has 1 aliphatic heterocycles. The van der Waals surface area contributed by atoms with Crippen LogP contribution in [0.15, 0.2) is 52.7 Å². The van der Waals surface area contributed by atoms with Gasteiger partial charge in [0, 0.05) is 23.4 Å². The van der Waals surface area contributed by atoms with Crippen LogP contribution in [0.5, 0.6) is 11.5 Å². The molecule has 0 bridgehead atoms. The minimum atomic E-state index is -3.79. The van der Waals surface area contributed by atoms with Gasteiger partial charge in [0.1, 0.15) is 0 Å². The Bertz CT molecular complexity index is 1080. The van der Waals surface area contributed by atoms with Crippen LogP contribution in [-0.2, 0) is 10.0 Å². The monoisotopic (exact) mass is 402 g/mol. The lowest BCUT2D eigenvalue weighted by molar-refractivity contribution is 0.297. The first-order valence-electron chi connectivity index (χ1n) is 8.47. The van der Waals surface area contributed by atoms with Crippen molar-refractivity contribution in [3.63, 3.8) is 0 Å². The average molecular weight is 402 g/mol. The maximum absolute atomic E-state index is 12.9. The lowest BCUT2D eigenvalue weighted by atomic mass is 10.1. The molecule has 0 fully saturated rings. The molecule has 1 aliphatic rings. The molecular formula is C19H18N2O4S2. The fourth-order valence-electron chi connectivity index (χ4n) is 2.80. The number of nitrogens with zero attached hydrogens (tertiary/aromatic N) is 1. The molecule has 2 heterocycles. The third-order valence-corrected chi connectivity index (χ3v) is 6.23. The van der Waals surface area contributed by atoms with Gasteiger partial charge in [-0.3, -0.25) is 4.72 Å². The third-order valence-electron chi connectivity index (χ3n) is 4.10. The van der Waals surface area contributed by atoms with Gasteiger partial charge >= 0.3 is 0 Å². The van der Waals surface area contributed by atoms with E-state index in [1.165, 1.54) is 23.5 Å². The Morgan fingerprint density at radius 1 is 1.07 bits per heavy atom. The van der Waals surface area contributed by atoms with Gasteiger partial charge in [-0.2, -0.15) is 0 Å². The summed E-state index contributed by atoms with van der Waals surface area (Å²) in [5.74, 6) is 1.00. The average Bonchev–Trinajstić information content (AvgIpc) is 2.94. The van der Waals surface area contributed by atoms with Crippen LogP contribution >= 0.6 is 11.3 Å². The van der Waals surface area contributed by atoms with Crippen LogP contribution in [0.1, 0.15) is 11.4 Å². The van der Waals surface area contributed by atoms with Crippen molar-refractivity contribution in [2.45, 2.75) is 18.2 Å². The molecule has 140 valence electrons. The van der Waals surface area contributed by atoms with E-state index in [0.717, 1.165) is 22.7 Å². The summed E-state index contributed by atoms with van der Waals surface area (Å²) in [7, 11) is -3.79. The molecular weight excluding hydrogens is 384 g/mol. The normalized spacial score (nSPS) is 13.8. The van der Waals surface area contributed by atoms with E-state index in [1.54, 1.807) is 18.2 Å². The van der Waals surface area contributed by atoms with Gasteiger partial charge in [0.05, 0.1) is 34.5 Å². The Labute approximate surface area is 161 Å². The second kappa shape index (κ2) is 7.21. The van der Waals surface area contributed by atoms with Crippen LogP contribution < -0.4 is 14.2 Å². The Hall–Kier alpha value is -2.58. The number of aryl methyl sites for hydroxylation is 1. The molecule has 3 aromatic rings. The van der Waals surface area contributed by atoms with E-state index in [0.29, 0.717) is 30.4 Å². The molecule has 2 aromatic carbocycles. The van der Waals surface area contributed by atoms with Crippen molar-refractivity contribution in [1.82, 2.24) is 4.98 Å². The quantitative estimate of drug-likeness (QED) is 0.711. The van der Waals surface area contributed by atoms with Crippen molar-refractivity contribution in [3.05, 3.63) is 52.9 Å². The smallest absolute Gasteiger partial charge is 0.262 e. The van der Waals surface area contributed by atoms with Crippen LogP contribution in [-0.4, -0.2) is 26.6 Å². The van der Waals surface area contributed by atoms with Gasteiger partial charge in [-0.1, -0.05) is 18.2 Å². The van der Waals surface area contributed by atoms with Crippen LogP contribution in [0.2, 0.25) is 0 Å². The summed E-state index contributed by atoms with van der Waals surface area (Å²) in [5, 5.41) is 2.83. The second-order valence-electron chi connectivity index (χ2n) is 6.06. The number of para-hydroxylation sites is 1. The number of thiazole rings is 1. The molecule has 0 spiro atoms. The lowest BCUT2D eigenvalue weighted by Gasteiger charge is -2.13. The fraction of sp³-hybridized carbons (Fsp3) is 0.211. The molecule has 0 unspecified atom stereocenters. The van der Waals surface area contributed by atoms with Gasteiger partial charge in [0.2, 0.25) is 0 Å². The molecule has 0 atom stereocenters. The molecule has 1 N–H and O–H groups in total. The van der Waals surface area contributed by atoms with E-state index in [2.05, 4.69) is 9.71 Å². The SMILES string of the molecule is Cc1nc(-c2ccccc2NS(=O)(=O)c2ccc3c(c2)OCCCO3)cs1. The number of rotatable bonds is 4. The Kier molecular flexibility index (Phi) is 4.75. The van der Waals surface area contributed by atoms with Crippen LogP contribution in [0.4, 0.5) is 5.69 Å². The predicted octanol–water partition coefficient (Wildman–Crippen LogP) is 4.08. The number of nitrogens with one attached hydrogen (secondary N) is 1. The van der Waals surface area contributed by atoms with E-state index < -0.39 is 10.0 Å². The van der Waals surface area contributed by atoms with Crippen molar-refractivity contribution in [2.75, 3.05) is 17.9 Å². The largest absolute Gasteiger partial charge is 0.490 e. The van der Waals surface area contributed by atoms with Crippen molar-refractivity contribution < 1.29 is 17.9 Å². The Morgan fingerprint density at radius 3 is 2.63 bits per heavy atom. The molecule has 0 saturated carbocycles. The number of anilines is 1. The Balaban J connectivity index is 1.68. The summed E-state index contributed by atoms with van der Waals surface area (Å²) in [4.78, 5) is 4.58. The maximum atomic E-state index is 12.9. The van der Waals surface area contributed by atoms with Crippen molar-refractivity contribution in [3.8, 4) is 22.8 Å². The van der Waals surface area contributed by atoms with Crippen molar-refractivity contribution in [1.29, 1.82) is 0 Å². The summed E-state index contributed by atoms with van der Waals surface area (Å²) < 4.78 is 39.7. The molecule has 4 rings (SSSR count).